The summed E-state index contributed by atoms with van der Waals surface area (Å²) in [6, 6.07) is 27.5. The Morgan fingerprint density at radius 3 is 1.54 bits per heavy atom. The smallest absolute Gasteiger partial charge is 0.482 e. The minimum atomic E-state index is 0. The molecule has 61 heavy (non-hydrogen) atoms. The van der Waals surface area contributed by atoms with E-state index in [0.717, 1.165) is 90.6 Å². The monoisotopic (exact) mass is 863 g/mol. The molecule has 9 rings (SSSR count). The topological polar surface area (TPSA) is 164 Å². The summed E-state index contributed by atoms with van der Waals surface area (Å²) in [6.07, 6.45) is 7.28. The van der Waals surface area contributed by atoms with Crippen molar-refractivity contribution in [2.75, 3.05) is 21.3 Å². The van der Waals surface area contributed by atoms with Gasteiger partial charge in [0.05, 0.1) is 60.9 Å². The minimum Gasteiger partial charge on any atom is -0.496 e. The Hall–Kier alpha value is -5.75. The van der Waals surface area contributed by atoms with Crippen molar-refractivity contribution >= 4 is 30.6 Å². The van der Waals surface area contributed by atoms with Crippen LogP contribution in [0.25, 0.3) is 56.2 Å². The summed E-state index contributed by atoms with van der Waals surface area (Å²) in [5, 5.41) is 32.5. The number of hydrogen-bond acceptors (Lipinski definition) is 11. The maximum absolute atomic E-state index is 7.00. The number of nitrogens with zero attached hydrogens (tertiary/aromatic N) is 10. The summed E-state index contributed by atoms with van der Waals surface area (Å²) in [7, 11) is 5.00. The molecule has 0 bridgehead atoms. The first-order valence-electron chi connectivity index (χ1n) is 18.6. The molecule has 1 radical (unpaired) electrons. The molecule has 0 aliphatic carbocycles. The van der Waals surface area contributed by atoms with Crippen LogP contribution in [0.5, 0.6) is 17.2 Å². The average molecular weight is 864 g/mol. The summed E-state index contributed by atoms with van der Waals surface area (Å²) < 4.78 is 24.1. The van der Waals surface area contributed by atoms with Crippen LogP contribution < -0.4 is 14.2 Å². The van der Waals surface area contributed by atoms with Crippen molar-refractivity contribution in [1.29, 1.82) is 0 Å². The fraction of sp³-hybridized carbons (Fsp3) is 0.163. The predicted octanol–water partition coefficient (Wildman–Crippen LogP) is 7.25. The van der Waals surface area contributed by atoms with Crippen LogP contribution in [0.2, 0.25) is 5.15 Å². The van der Waals surface area contributed by atoms with E-state index in [1.54, 1.807) is 53.7 Å². The van der Waals surface area contributed by atoms with Crippen LogP contribution in [-0.2, 0) is 0 Å². The molecule has 0 saturated heterocycles. The molecule has 0 spiro atoms. The Bertz CT molecular complexity index is 2920. The molecule has 311 valence electrons. The Morgan fingerprint density at radius 2 is 1.05 bits per heavy atom. The van der Waals surface area contributed by atoms with E-state index in [1.807, 2.05) is 123 Å². The number of fused-ring (bicyclic) bond motifs is 2. The van der Waals surface area contributed by atoms with Gasteiger partial charge < -0.3 is 24.3 Å². The Balaban J connectivity index is 0.000000194. The van der Waals surface area contributed by atoms with Crippen LogP contribution >= 0.6 is 11.6 Å². The first-order valence-corrected chi connectivity index (χ1v) is 19.0. The number of rotatable bonds is 8. The Labute approximate surface area is 387 Å². The van der Waals surface area contributed by atoms with Crippen LogP contribution in [-0.4, -0.2) is 87.8 Å². The summed E-state index contributed by atoms with van der Waals surface area (Å²) in [5.74, 6) is 2.25. The summed E-state index contributed by atoms with van der Waals surface area (Å²) in [5.41, 5.74) is 12.3. The van der Waals surface area contributed by atoms with Gasteiger partial charge in [-0.2, -0.15) is 20.4 Å². The molecule has 2 N–H and O–H groups in total. The van der Waals surface area contributed by atoms with Crippen molar-refractivity contribution in [2.24, 2.45) is 0 Å². The number of methoxy groups -OCH3 is 3. The molecule has 0 atom stereocenters. The molecule has 6 heterocycles. The number of hydrogen-bond donors (Lipinski definition) is 2. The zero-order valence-corrected chi connectivity index (χ0v) is 35.8. The van der Waals surface area contributed by atoms with Gasteiger partial charge in [-0.15, -0.1) is 0 Å². The minimum absolute atomic E-state index is 0. The first-order chi connectivity index (χ1) is 29.1. The van der Waals surface area contributed by atoms with E-state index in [1.165, 1.54) is 0 Å². The van der Waals surface area contributed by atoms with Gasteiger partial charge in [-0.3, -0.25) is 0 Å². The SMILES string of the molecule is COc1cc(-n2cccn2)ccc1-c1c(C)nn2c(-c3ccccc3OC)cc(C)nc12.COc1cc(-n2cccn2)ccc1-c1c(C)nn2c(Cl)cc(C)nc12.O[B]O.[Ar]. The zero-order chi connectivity index (χ0) is 42.5. The van der Waals surface area contributed by atoms with Crippen LogP contribution in [0.1, 0.15) is 22.8 Å². The van der Waals surface area contributed by atoms with E-state index in [9.17, 15) is 0 Å². The standard InChI is InChI=1S/C25H23N5O2.C18H16ClN5O.Ar.BH2O2/c1-16-14-21(19-8-5-6-9-22(19)31-3)30-25(27-16)24(17(2)28-30)20-11-10-18(15-23(20)32-4)29-13-7-12-26-29;1-11-9-16(19)24-18(21-11)17(12(2)22-24)14-6-5-13(10-15(14)25-3)23-8-4-7-20-23;;2-1-3/h5-15H,1-4H3;4-10H,1-3H3;;2-3H. The number of benzene rings is 3. The predicted molar refractivity (Wildman–Crippen MR) is 230 cm³/mol. The molecule has 9 aromatic rings. The van der Waals surface area contributed by atoms with E-state index in [0.29, 0.717) is 10.8 Å². The van der Waals surface area contributed by atoms with Gasteiger partial charge >= 0.3 is 7.69 Å². The average Bonchev–Trinajstić information content (AvgIpc) is 4.09. The van der Waals surface area contributed by atoms with Crippen molar-refractivity contribution in [1.82, 2.24) is 48.8 Å². The van der Waals surface area contributed by atoms with Crippen molar-refractivity contribution in [2.45, 2.75) is 27.7 Å². The second-order valence-electron chi connectivity index (χ2n) is 13.4. The third-order valence-electron chi connectivity index (χ3n) is 9.57. The molecule has 0 amide bonds. The second-order valence-corrected chi connectivity index (χ2v) is 13.8. The Morgan fingerprint density at radius 1 is 0.574 bits per heavy atom. The summed E-state index contributed by atoms with van der Waals surface area (Å²) in [6.45, 7) is 7.84. The van der Waals surface area contributed by atoms with Gasteiger partial charge in [0.25, 0.3) is 0 Å². The van der Waals surface area contributed by atoms with E-state index in [4.69, 9.17) is 45.9 Å². The van der Waals surface area contributed by atoms with Crippen molar-refractivity contribution < 1.29 is 62.0 Å². The molecule has 6 aromatic heterocycles. The molecule has 3 aromatic carbocycles. The molecule has 15 nitrogen and oxygen atoms in total. The van der Waals surface area contributed by atoms with Crippen LogP contribution in [0.4, 0.5) is 0 Å². The van der Waals surface area contributed by atoms with Crippen molar-refractivity contribution in [3.05, 3.63) is 138 Å². The fourth-order valence-corrected chi connectivity index (χ4v) is 7.30. The van der Waals surface area contributed by atoms with Gasteiger partial charge in [-0.25, -0.2) is 28.4 Å². The van der Waals surface area contributed by atoms with Gasteiger partial charge in [0.2, 0.25) is 0 Å². The first kappa shape index (κ1) is 44.8. The van der Waals surface area contributed by atoms with Gasteiger partial charge in [0.15, 0.2) is 11.3 Å². The quantitative estimate of drug-likeness (QED) is 0.117. The van der Waals surface area contributed by atoms with Crippen LogP contribution in [0.3, 0.4) is 0 Å². The van der Waals surface area contributed by atoms with E-state index >= 15 is 0 Å². The van der Waals surface area contributed by atoms with Gasteiger partial charge in [0, 0.05) is 103 Å². The van der Waals surface area contributed by atoms with Crippen molar-refractivity contribution in [3.63, 3.8) is 0 Å². The number of ether oxygens (including phenoxy) is 3. The maximum Gasteiger partial charge on any atom is 0.482 e. The third-order valence-corrected chi connectivity index (χ3v) is 9.84. The largest absolute Gasteiger partial charge is 0.496 e. The van der Waals surface area contributed by atoms with Crippen LogP contribution in [0, 0.1) is 65.4 Å². The maximum atomic E-state index is 7.00. The van der Waals surface area contributed by atoms with Gasteiger partial charge in [-0.05, 0) is 88.4 Å². The normalized spacial score (nSPS) is 10.7. The zero-order valence-electron chi connectivity index (χ0n) is 34.3. The Kier molecular flexibility index (Phi) is 14.5. The third kappa shape index (κ3) is 9.15. The fourth-order valence-electron chi connectivity index (χ4n) is 7.02. The van der Waals surface area contributed by atoms with Crippen LogP contribution in [0.15, 0.2) is 110 Å². The van der Waals surface area contributed by atoms with Crippen molar-refractivity contribution in [3.8, 4) is 62.1 Å². The molecule has 0 aliphatic rings. The number of halogens is 1. The molecule has 18 heteroatoms. The summed E-state index contributed by atoms with van der Waals surface area (Å²) >= 11 is 6.32. The molecule has 0 aliphatic heterocycles. The van der Waals surface area contributed by atoms with E-state index in [-0.39, 0.29) is 45.4 Å². The summed E-state index contributed by atoms with van der Waals surface area (Å²) in [4.78, 5) is 9.47. The van der Waals surface area contributed by atoms with E-state index < -0.39 is 0 Å². The number of para-hydroxylation sites is 1. The molecule has 0 unspecified atom stereocenters. The molecule has 0 saturated carbocycles. The van der Waals surface area contributed by atoms with E-state index in [2.05, 4.69) is 20.3 Å². The number of aryl methyl sites for hydroxylation is 4. The second kappa shape index (κ2) is 19.8. The molecular formula is C43H41ArBClN10O5. The van der Waals surface area contributed by atoms with Gasteiger partial charge in [0.1, 0.15) is 22.4 Å². The van der Waals surface area contributed by atoms with Gasteiger partial charge in [-0.1, -0.05) is 23.7 Å². The molecule has 0 fully saturated rings. The number of aromatic nitrogens is 10. The molecular weight excluding hydrogens is 823 g/mol.